The molecule has 5 saturated carbocycles. The van der Waals surface area contributed by atoms with Gasteiger partial charge in [0.25, 0.3) is 0 Å². The van der Waals surface area contributed by atoms with Crippen molar-refractivity contribution in [3.63, 3.8) is 0 Å². The predicted octanol–water partition coefficient (Wildman–Crippen LogP) is 5.70. The number of amides is 1. The van der Waals surface area contributed by atoms with Crippen molar-refractivity contribution in [3.8, 4) is 0 Å². The molecule has 1 heterocycles. The standard InChI is InChI=1S/C37H57NO11/c1-22(10-13-31(41)38-21-32(42)43-6)26-11-12-27-33-28(19-30(35(26,27)5)45-24(3)40)34(4)16-17-37(20-25(34)18-29(33)44-23(2)39)48-46-36(47-49-37)14-8-7-9-15-36/h22,25-30,33H,7-21H2,1-6H3,(H,38,41)/t22?,25-,26-,27?,28?,29?,30+,33?,34+,35-/m1/s1. The van der Waals surface area contributed by atoms with E-state index in [2.05, 4.69) is 30.8 Å². The summed E-state index contributed by atoms with van der Waals surface area (Å²) in [5.74, 6) is -2.26. The summed E-state index contributed by atoms with van der Waals surface area (Å²) in [5, 5.41) is 2.64. The molecule has 6 fully saturated rings. The molecule has 12 heteroatoms. The molecule has 10 atom stereocenters. The van der Waals surface area contributed by atoms with E-state index >= 15 is 0 Å². The number of nitrogens with one attached hydrogen (secondary N) is 1. The lowest BCUT2D eigenvalue weighted by molar-refractivity contribution is -0.665. The summed E-state index contributed by atoms with van der Waals surface area (Å²) in [6.45, 7) is 9.62. The third kappa shape index (κ3) is 6.88. The molecular weight excluding hydrogens is 634 g/mol. The van der Waals surface area contributed by atoms with Crippen LogP contribution in [0.25, 0.3) is 0 Å². The maximum absolute atomic E-state index is 12.7. The van der Waals surface area contributed by atoms with Gasteiger partial charge in [0, 0.05) is 57.3 Å². The van der Waals surface area contributed by atoms with Gasteiger partial charge in [-0.15, -0.1) is 0 Å². The molecule has 1 amide bonds. The minimum Gasteiger partial charge on any atom is -0.468 e. The van der Waals surface area contributed by atoms with Gasteiger partial charge >= 0.3 is 17.9 Å². The number of ether oxygens (including phenoxy) is 3. The molecular formula is C37H57NO11. The van der Waals surface area contributed by atoms with Crippen molar-refractivity contribution < 1.29 is 52.9 Å². The summed E-state index contributed by atoms with van der Waals surface area (Å²) in [6, 6.07) is 0. The van der Waals surface area contributed by atoms with Crippen LogP contribution in [0, 0.1) is 46.3 Å². The smallest absolute Gasteiger partial charge is 0.325 e. The highest BCUT2D eigenvalue weighted by Gasteiger charge is 2.69. The number of hydrogen-bond donors (Lipinski definition) is 1. The zero-order chi connectivity index (χ0) is 35.2. The summed E-state index contributed by atoms with van der Waals surface area (Å²) < 4.78 is 17.2. The van der Waals surface area contributed by atoms with Crippen LogP contribution in [0.3, 0.4) is 0 Å². The van der Waals surface area contributed by atoms with Crippen LogP contribution in [-0.2, 0) is 52.9 Å². The molecule has 49 heavy (non-hydrogen) atoms. The zero-order valence-corrected chi connectivity index (χ0v) is 30.2. The number of rotatable bonds is 8. The fraction of sp³-hybridized carbons (Fsp3) is 0.892. The summed E-state index contributed by atoms with van der Waals surface area (Å²) in [7, 11) is 1.29. The second-order valence-corrected chi connectivity index (χ2v) is 16.5. The van der Waals surface area contributed by atoms with E-state index in [-0.39, 0.29) is 89.4 Å². The number of fused-ring (bicyclic) bond motifs is 5. The molecule has 276 valence electrons. The van der Waals surface area contributed by atoms with Gasteiger partial charge in [0.05, 0.1) is 7.11 Å². The van der Waals surface area contributed by atoms with Crippen LogP contribution in [0.5, 0.6) is 0 Å². The van der Waals surface area contributed by atoms with E-state index in [4.69, 9.17) is 29.0 Å². The van der Waals surface area contributed by atoms with Crippen molar-refractivity contribution in [1.29, 1.82) is 0 Å². The Hall–Kier alpha value is -2.28. The number of methoxy groups -OCH3 is 1. The van der Waals surface area contributed by atoms with Gasteiger partial charge in [0.15, 0.2) is 0 Å². The molecule has 5 aliphatic carbocycles. The highest BCUT2D eigenvalue weighted by molar-refractivity contribution is 5.81. The molecule has 0 bridgehead atoms. The molecule has 0 aromatic heterocycles. The molecule has 6 aliphatic rings. The first-order chi connectivity index (χ1) is 23.2. The molecule has 1 N–H and O–H groups in total. The third-order valence-electron chi connectivity index (χ3n) is 13.9. The Morgan fingerprint density at radius 2 is 1.51 bits per heavy atom. The average Bonchev–Trinajstić information content (AvgIpc) is 3.43. The van der Waals surface area contributed by atoms with E-state index in [0.29, 0.717) is 32.1 Å². The molecule has 5 unspecified atom stereocenters. The maximum Gasteiger partial charge on any atom is 0.325 e. The van der Waals surface area contributed by atoms with E-state index in [1.165, 1.54) is 21.0 Å². The van der Waals surface area contributed by atoms with E-state index in [0.717, 1.165) is 51.4 Å². The van der Waals surface area contributed by atoms with Gasteiger partial charge in [0.2, 0.25) is 17.5 Å². The fourth-order valence-corrected chi connectivity index (χ4v) is 11.4. The lowest BCUT2D eigenvalue weighted by Gasteiger charge is -2.65. The van der Waals surface area contributed by atoms with Gasteiger partial charge in [0.1, 0.15) is 18.8 Å². The number of hydrogen-bond acceptors (Lipinski definition) is 11. The summed E-state index contributed by atoms with van der Waals surface area (Å²) in [5.41, 5.74) is -0.502. The van der Waals surface area contributed by atoms with Crippen molar-refractivity contribution >= 4 is 23.8 Å². The molecule has 0 aromatic carbocycles. The number of carbonyl (C=O) groups excluding carboxylic acids is 4. The van der Waals surface area contributed by atoms with Gasteiger partial charge in [-0.1, -0.05) is 27.2 Å². The highest BCUT2D eigenvalue weighted by Crippen LogP contribution is 2.70. The SMILES string of the molecule is COC(=O)CNC(=O)CCC(C)[C@H]1CCC2C3C(OC(C)=O)C[C@@H]4CC5(CC[C@]4(C)C3C[C@H](OC(C)=O)[C@@]21C)OOC1(CCCCC1)OO5. The van der Waals surface area contributed by atoms with Crippen molar-refractivity contribution in [1.82, 2.24) is 5.32 Å². The van der Waals surface area contributed by atoms with Crippen LogP contribution >= 0.6 is 0 Å². The van der Waals surface area contributed by atoms with Crippen LogP contribution in [0.2, 0.25) is 0 Å². The zero-order valence-electron chi connectivity index (χ0n) is 30.2. The topological polar surface area (TPSA) is 145 Å². The highest BCUT2D eigenvalue weighted by atomic mass is 17.4. The molecule has 2 spiro atoms. The Kier molecular flexibility index (Phi) is 10.5. The molecule has 12 nitrogen and oxygen atoms in total. The first-order valence-electron chi connectivity index (χ1n) is 18.7. The third-order valence-corrected chi connectivity index (χ3v) is 13.9. The molecule has 1 saturated heterocycles. The molecule has 0 radical (unpaired) electrons. The first kappa shape index (κ1) is 36.5. The van der Waals surface area contributed by atoms with E-state index in [1.54, 1.807) is 0 Å². The summed E-state index contributed by atoms with van der Waals surface area (Å²) in [6.07, 6.45) is 10.1. The van der Waals surface area contributed by atoms with Crippen molar-refractivity contribution in [2.75, 3.05) is 13.7 Å². The van der Waals surface area contributed by atoms with E-state index in [9.17, 15) is 19.2 Å². The first-order valence-corrected chi connectivity index (χ1v) is 18.7. The van der Waals surface area contributed by atoms with E-state index < -0.39 is 17.5 Å². The van der Waals surface area contributed by atoms with Gasteiger partial charge in [-0.3, -0.25) is 19.2 Å². The summed E-state index contributed by atoms with van der Waals surface area (Å²) >= 11 is 0. The van der Waals surface area contributed by atoms with Crippen LogP contribution in [0.4, 0.5) is 0 Å². The molecule has 1 aliphatic heterocycles. The quantitative estimate of drug-likeness (QED) is 0.190. The van der Waals surface area contributed by atoms with Crippen LogP contribution < -0.4 is 5.32 Å². The second-order valence-electron chi connectivity index (χ2n) is 16.5. The Bertz CT molecular complexity index is 1260. The predicted molar refractivity (Wildman–Crippen MR) is 173 cm³/mol. The monoisotopic (exact) mass is 691 g/mol. The normalized spacial score (nSPS) is 39.5. The average molecular weight is 692 g/mol. The van der Waals surface area contributed by atoms with Gasteiger partial charge in [-0.2, -0.15) is 19.6 Å². The largest absolute Gasteiger partial charge is 0.468 e. The van der Waals surface area contributed by atoms with Crippen LogP contribution in [0.1, 0.15) is 125 Å². The van der Waals surface area contributed by atoms with Crippen LogP contribution in [0.15, 0.2) is 0 Å². The van der Waals surface area contributed by atoms with Gasteiger partial charge in [-0.05, 0) is 86.4 Å². The summed E-state index contributed by atoms with van der Waals surface area (Å²) in [4.78, 5) is 73.8. The Balaban J connectivity index is 1.23. The maximum atomic E-state index is 12.7. The van der Waals surface area contributed by atoms with Crippen molar-refractivity contribution in [2.45, 2.75) is 148 Å². The van der Waals surface area contributed by atoms with Crippen molar-refractivity contribution in [2.24, 2.45) is 46.3 Å². The lowest BCUT2D eigenvalue weighted by atomic mass is 9.42. The fourth-order valence-electron chi connectivity index (χ4n) is 11.4. The minimum absolute atomic E-state index is 0.0985. The second kappa shape index (κ2) is 14.0. The minimum atomic E-state index is -1.02. The Morgan fingerprint density at radius 1 is 0.837 bits per heavy atom. The number of esters is 3. The van der Waals surface area contributed by atoms with Crippen molar-refractivity contribution in [3.05, 3.63) is 0 Å². The molecule has 6 rings (SSSR count). The lowest BCUT2D eigenvalue weighted by Crippen LogP contribution is -2.65. The van der Waals surface area contributed by atoms with Gasteiger partial charge in [-0.25, -0.2) is 0 Å². The number of carbonyl (C=O) groups is 4. The Labute approximate surface area is 290 Å². The van der Waals surface area contributed by atoms with Gasteiger partial charge < -0.3 is 19.5 Å². The Morgan fingerprint density at radius 3 is 2.16 bits per heavy atom. The van der Waals surface area contributed by atoms with E-state index in [1.807, 2.05) is 0 Å². The van der Waals surface area contributed by atoms with Crippen LogP contribution in [-0.4, -0.2) is 61.3 Å². The molecule has 0 aromatic rings.